The SMILES string of the molecule is COC(=O)c1c(NC(=O)C(C#N)=Cc2ccc(Br)o2)sc(C)c1C. The normalized spacial score (nSPS) is 11.0. The molecule has 1 amide bonds. The molecule has 0 spiro atoms. The molecule has 0 fully saturated rings. The van der Waals surface area contributed by atoms with Gasteiger partial charge in [-0.2, -0.15) is 5.26 Å². The number of furan rings is 1. The van der Waals surface area contributed by atoms with Gasteiger partial charge in [-0.3, -0.25) is 4.79 Å². The summed E-state index contributed by atoms with van der Waals surface area (Å²) in [5.41, 5.74) is 0.891. The highest BCUT2D eigenvalue weighted by Crippen LogP contribution is 2.33. The zero-order chi connectivity index (χ0) is 17.9. The van der Waals surface area contributed by atoms with E-state index in [1.807, 2.05) is 13.0 Å². The van der Waals surface area contributed by atoms with Crippen molar-refractivity contribution in [2.24, 2.45) is 0 Å². The Morgan fingerprint density at radius 2 is 2.12 bits per heavy atom. The number of hydrogen-bond donors (Lipinski definition) is 1. The first-order chi connectivity index (χ1) is 11.4. The molecule has 2 aromatic rings. The average Bonchev–Trinajstić information content (AvgIpc) is 3.08. The Morgan fingerprint density at radius 3 is 2.67 bits per heavy atom. The van der Waals surface area contributed by atoms with Gasteiger partial charge in [-0.15, -0.1) is 11.3 Å². The van der Waals surface area contributed by atoms with Crippen LogP contribution in [0.25, 0.3) is 6.08 Å². The van der Waals surface area contributed by atoms with Gasteiger partial charge in [0.15, 0.2) is 4.67 Å². The molecule has 2 heterocycles. The zero-order valence-corrected chi connectivity index (χ0v) is 15.5. The summed E-state index contributed by atoms with van der Waals surface area (Å²) in [6, 6.07) is 5.10. The van der Waals surface area contributed by atoms with Gasteiger partial charge in [-0.05, 0) is 47.5 Å². The van der Waals surface area contributed by atoms with E-state index in [4.69, 9.17) is 9.15 Å². The van der Waals surface area contributed by atoms with Crippen molar-refractivity contribution in [1.82, 2.24) is 0 Å². The van der Waals surface area contributed by atoms with Crippen LogP contribution >= 0.6 is 27.3 Å². The van der Waals surface area contributed by atoms with Gasteiger partial charge < -0.3 is 14.5 Å². The minimum atomic E-state index is -0.628. The number of halogens is 1. The van der Waals surface area contributed by atoms with Crippen LogP contribution < -0.4 is 5.32 Å². The van der Waals surface area contributed by atoms with Crippen LogP contribution in [0.2, 0.25) is 0 Å². The smallest absolute Gasteiger partial charge is 0.341 e. The van der Waals surface area contributed by atoms with Crippen LogP contribution in [-0.2, 0) is 9.53 Å². The molecule has 0 aromatic carbocycles. The lowest BCUT2D eigenvalue weighted by Crippen LogP contribution is -2.15. The number of methoxy groups -OCH3 is 1. The number of thiophene rings is 1. The molecule has 0 aliphatic heterocycles. The van der Waals surface area contributed by atoms with Gasteiger partial charge >= 0.3 is 5.97 Å². The molecule has 0 aliphatic carbocycles. The fourth-order valence-electron chi connectivity index (χ4n) is 1.93. The molecule has 0 radical (unpaired) electrons. The predicted molar refractivity (Wildman–Crippen MR) is 93.8 cm³/mol. The first-order valence-corrected chi connectivity index (χ1v) is 8.35. The molecule has 0 saturated heterocycles. The second-order valence-electron chi connectivity index (χ2n) is 4.74. The highest BCUT2D eigenvalue weighted by atomic mass is 79.9. The minimum Gasteiger partial charge on any atom is -0.465 e. The second kappa shape index (κ2) is 7.47. The van der Waals surface area contributed by atoms with Crippen molar-refractivity contribution in [2.45, 2.75) is 13.8 Å². The molecule has 1 N–H and O–H groups in total. The van der Waals surface area contributed by atoms with E-state index >= 15 is 0 Å². The van der Waals surface area contributed by atoms with E-state index in [1.165, 1.54) is 24.5 Å². The van der Waals surface area contributed by atoms with Gasteiger partial charge in [-0.25, -0.2) is 4.79 Å². The van der Waals surface area contributed by atoms with Crippen molar-refractivity contribution in [3.05, 3.63) is 44.1 Å². The first-order valence-electron chi connectivity index (χ1n) is 6.74. The number of aryl methyl sites for hydroxylation is 1. The summed E-state index contributed by atoms with van der Waals surface area (Å²) in [5.74, 6) is -0.804. The number of hydrogen-bond acceptors (Lipinski definition) is 6. The quantitative estimate of drug-likeness (QED) is 0.467. The number of esters is 1. The van der Waals surface area contributed by atoms with Crippen LogP contribution in [-0.4, -0.2) is 19.0 Å². The molecule has 2 aromatic heterocycles. The van der Waals surface area contributed by atoms with Crippen molar-refractivity contribution in [3.63, 3.8) is 0 Å². The Kier molecular flexibility index (Phi) is 5.59. The molecular formula is C16H13BrN2O4S. The van der Waals surface area contributed by atoms with E-state index in [2.05, 4.69) is 21.2 Å². The number of anilines is 1. The second-order valence-corrected chi connectivity index (χ2v) is 6.75. The van der Waals surface area contributed by atoms with Crippen molar-refractivity contribution < 1.29 is 18.7 Å². The first kappa shape index (κ1) is 18.0. The van der Waals surface area contributed by atoms with Crippen molar-refractivity contribution >= 4 is 50.2 Å². The largest absolute Gasteiger partial charge is 0.465 e. The van der Waals surface area contributed by atoms with Gasteiger partial charge in [0.05, 0.1) is 12.7 Å². The molecule has 0 bridgehead atoms. The third-order valence-electron chi connectivity index (χ3n) is 3.25. The average molecular weight is 409 g/mol. The van der Waals surface area contributed by atoms with Gasteiger partial charge in [-0.1, -0.05) is 0 Å². The summed E-state index contributed by atoms with van der Waals surface area (Å²) < 4.78 is 10.5. The maximum Gasteiger partial charge on any atom is 0.341 e. The van der Waals surface area contributed by atoms with Crippen molar-refractivity contribution in [1.29, 1.82) is 5.26 Å². The topological polar surface area (TPSA) is 92.3 Å². The summed E-state index contributed by atoms with van der Waals surface area (Å²) >= 11 is 4.40. The van der Waals surface area contributed by atoms with Crippen LogP contribution in [0.15, 0.2) is 26.8 Å². The Labute approximate surface area is 150 Å². The van der Waals surface area contributed by atoms with Crippen LogP contribution in [0.1, 0.15) is 26.6 Å². The monoisotopic (exact) mass is 408 g/mol. The van der Waals surface area contributed by atoms with Gasteiger partial charge in [0.25, 0.3) is 5.91 Å². The third-order valence-corrected chi connectivity index (χ3v) is 4.80. The summed E-state index contributed by atoms with van der Waals surface area (Å²) in [6.45, 7) is 3.61. The lowest BCUT2D eigenvalue weighted by molar-refractivity contribution is -0.112. The van der Waals surface area contributed by atoms with Crippen LogP contribution in [0.3, 0.4) is 0 Å². The standard InChI is InChI=1S/C16H13BrN2O4S/c1-8-9(2)24-15(13(8)16(21)22-3)19-14(20)10(7-18)6-11-4-5-12(17)23-11/h4-6H,1-3H3,(H,19,20). The number of carbonyl (C=O) groups excluding carboxylic acids is 2. The molecule has 0 aliphatic rings. The number of carbonyl (C=O) groups is 2. The molecule has 24 heavy (non-hydrogen) atoms. The van der Waals surface area contributed by atoms with E-state index < -0.39 is 11.9 Å². The molecular weight excluding hydrogens is 396 g/mol. The van der Waals surface area contributed by atoms with Gasteiger partial charge in [0.2, 0.25) is 0 Å². The molecule has 6 nitrogen and oxygen atoms in total. The lowest BCUT2D eigenvalue weighted by Gasteiger charge is -2.05. The molecule has 0 unspecified atom stereocenters. The zero-order valence-electron chi connectivity index (χ0n) is 13.1. The van der Waals surface area contributed by atoms with E-state index in [0.29, 0.717) is 21.0 Å². The summed E-state index contributed by atoms with van der Waals surface area (Å²) in [5, 5.41) is 12.2. The highest BCUT2D eigenvalue weighted by molar-refractivity contribution is 9.10. The summed E-state index contributed by atoms with van der Waals surface area (Å²) in [7, 11) is 1.27. The Hall–Kier alpha value is -2.37. The highest BCUT2D eigenvalue weighted by Gasteiger charge is 2.22. The molecule has 8 heteroatoms. The number of nitriles is 1. The summed E-state index contributed by atoms with van der Waals surface area (Å²) in [6.07, 6.45) is 1.32. The van der Waals surface area contributed by atoms with E-state index in [9.17, 15) is 14.9 Å². The fraction of sp³-hybridized carbons (Fsp3) is 0.188. The molecule has 0 atom stereocenters. The number of rotatable bonds is 4. The fourth-order valence-corrected chi connectivity index (χ4v) is 3.29. The Morgan fingerprint density at radius 1 is 1.42 bits per heavy atom. The third kappa shape index (κ3) is 3.75. The van der Waals surface area contributed by atoms with E-state index in [-0.39, 0.29) is 5.57 Å². The number of amides is 1. The van der Waals surface area contributed by atoms with Crippen molar-refractivity contribution in [2.75, 3.05) is 12.4 Å². The van der Waals surface area contributed by atoms with Crippen LogP contribution in [0.4, 0.5) is 5.00 Å². The van der Waals surface area contributed by atoms with Gasteiger partial charge in [0, 0.05) is 11.0 Å². The van der Waals surface area contributed by atoms with Crippen LogP contribution in [0.5, 0.6) is 0 Å². The minimum absolute atomic E-state index is 0.142. The maximum absolute atomic E-state index is 12.3. The lowest BCUT2D eigenvalue weighted by atomic mass is 10.1. The Balaban J connectivity index is 2.32. The predicted octanol–water partition coefficient (Wildman–Crippen LogP) is 4.05. The summed E-state index contributed by atoms with van der Waals surface area (Å²) in [4.78, 5) is 25.1. The Bertz CT molecular complexity index is 873. The molecule has 124 valence electrons. The van der Waals surface area contributed by atoms with E-state index in [0.717, 1.165) is 10.4 Å². The molecule has 0 saturated carbocycles. The number of nitrogens with one attached hydrogen (secondary N) is 1. The van der Waals surface area contributed by atoms with Gasteiger partial charge in [0.1, 0.15) is 22.4 Å². The maximum atomic E-state index is 12.3. The van der Waals surface area contributed by atoms with Crippen LogP contribution in [0, 0.1) is 25.2 Å². The number of nitrogens with zero attached hydrogens (tertiary/aromatic N) is 1. The number of ether oxygens (including phenoxy) is 1. The van der Waals surface area contributed by atoms with Crippen molar-refractivity contribution in [3.8, 4) is 6.07 Å². The molecule has 2 rings (SSSR count). The van der Waals surface area contributed by atoms with E-state index in [1.54, 1.807) is 19.1 Å².